The van der Waals surface area contributed by atoms with E-state index in [-0.39, 0.29) is 11.5 Å². The van der Waals surface area contributed by atoms with Crippen LogP contribution in [0, 0.1) is 12.3 Å². The number of aryl methyl sites for hydroxylation is 1. The second-order valence-corrected chi connectivity index (χ2v) is 3.96. The van der Waals surface area contributed by atoms with Gasteiger partial charge in [0.05, 0.1) is 0 Å². The summed E-state index contributed by atoms with van der Waals surface area (Å²) in [5, 5.41) is 6.30. The van der Waals surface area contributed by atoms with Crippen LogP contribution in [0.15, 0.2) is 18.2 Å². The van der Waals surface area contributed by atoms with E-state index in [0.29, 0.717) is 11.1 Å². The summed E-state index contributed by atoms with van der Waals surface area (Å²) in [6.45, 7) is 1.83. The van der Waals surface area contributed by atoms with Crippen LogP contribution in [0.3, 0.4) is 0 Å². The summed E-state index contributed by atoms with van der Waals surface area (Å²) < 4.78 is 0. The minimum Gasteiger partial charge on any atom is -0.299 e. The van der Waals surface area contributed by atoms with Crippen LogP contribution in [0.1, 0.15) is 26.3 Å². The van der Waals surface area contributed by atoms with Crippen LogP contribution in [0.2, 0.25) is 0 Å². The van der Waals surface area contributed by atoms with Crippen molar-refractivity contribution in [2.75, 3.05) is 0 Å². The van der Waals surface area contributed by atoms with Gasteiger partial charge in [0.1, 0.15) is 11.1 Å². The van der Waals surface area contributed by atoms with Crippen LogP contribution in [-0.2, 0) is 0 Å². The SMILES string of the molecule is Cc1ccc2c(c1)C(=O)C(=N)C(Cl)C2=O. The Hall–Kier alpha value is -1.48. The molecule has 15 heavy (non-hydrogen) atoms. The van der Waals surface area contributed by atoms with Gasteiger partial charge in [-0.25, -0.2) is 0 Å². The summed E-state index contributed by atoms with van der Waals surface area (Å²) in [4.78, 5) is 23.3. The van der Waals surface area contributed by atoms with Crippen molar-refractivity contribution in [1.29, 1.82) is 5.41 Å². The topological polar surface area (TPSA) is 58.0 Å². The number of nitrogens with one attached hydrogen (secondary N) is 1. The molecule has 0 bridgehead atoms. The lowest BCUT2D eigenvalue weighted by molar-refractivity contribution is 0.0967. The number of hydrogen-bond donors (Lipinski definition) is 1. The van der Waals surface area contributed by atoms with Crippen molar-refractivity contribution in [3.05, 3.63) is 34.9 Å². The van der Waals surface area contributed by atoms with E-state index in [2.05, 4.69) is 0 Å². The standard InChI is InChI=1S/C11H8ClNO2/c1-5-2-3-6-7(4-5)11(15)9(13)8(12)10(6)14/h2-4,8,13H,1H3. The Morgan fingerprint density at radius 2 is 1.93 bits per heavy atom. The molecule has 0 spiro atoms. The highest BCUT2D eigenvalue weighted by atomic mass is 35.5. The Bertz CT molecular complexity index is 493. The smallest absolute Gasteiger partial charge is 0.209 e. The molecule has 0 amide bonds. The van der Waals surface area contributed by atoms with Crippen molar-refractivity contribution in [3.63, 3.8) is 0 Å². The summed E-state index contributed by atoms with van der Waals surface area (Å²) in [6, 6.07) is 4.96. The third kappa shape index (κ3) is 1.39. The normalized spacial score (nSPS) is 20.4. The number of halogens is 1. The highest BCUT2D eigenvalue weighted by Crippen LogP contribution is 2.23. The monoisotopic (exact) mass is 221 g/mol. The molecule has 0 radical (unpaired) electrons. The maximum absolute atomic E-state index is 11.7. The van der Waals surface area contributed by atoms with Crippen molar-refractivity contribution in [3.8, 4) is 0 Å². The zero-order valence-corrected chi connectivity index (χ0v) is 8.76. The molecule has 0 aromatic heterocycles. The summed E-state index contributed by atoms with van der Waals surface area (Å²) in [5.41, 5.74) is 1.17. The molecule has 0 saturated heterocycles. The second-order valence-electron chi connectivity index (χ2n) is 3.52. The first-order valence-corrected chi connectivity index (χ1v) is 4.88. The first kappa shape index (κ1) is 10.1. The summed E-state index contributed by atoms with van der Waals surface area (Å²) in [6.07, 6.45) is 0. The molecule has 2 rings (SSSR count). The maximum Gasteiger partial charge on any atom is 0.209 e. The van der Waals surface area contributed by atoms with E-state index in [1.165, 1.54) is 0 Å². The van der Waals surface area contributed by atoms with Crippen molar-refractivity contribution in [2.45, 2.75) is 12.3 Å². The quantitative estimate of drug-likeness (QED) is 0.682. The van der Waals surface area contributed by atoms with Crippen LogP contribution >= 0.6 is 11.6 Å². The Morgan fingerprint density at radius 3 is 2.60 bits per heavy atom. The number of carbonyl (C=O) groups excluding carboxylic acids is 2. The van der Waals surface area contributed by atoms with Crippen molar-refractivity contribution in [1.82, 2.24) is 0 Å². The number of Topliss-reactive ketones (excluding diaryl/α,β-unsaturated/α-hetero) is 2. The fourth-order valence-corrected chi connectivity index (χ4v) is 1.81. The van der Waals surface area contributed by atoms with Gasteiger partial charge < -0.3 is 0 Å². The van der Waals surface area contributed by atoms with E-state index < -0.39 is 11.2 Å². The van der Waals surface area contributed by atoms with Gasteiger partial charge in [-0.3, -0.25) is 15.0 Å². The van der Waals surface area contributed by atoms with E-state index in [9.17, 15) is 9.59 Å². The minimum absolute atomic E-state index is 0.293. The lowest BCUT2D eigenvalue weighted by atomic mass is 9.87. The number of ketones is 2. The molecular weight excluding hydrogens is 214 g/mol. The average molecular weight is 222 g/mol. The molecule has 1 aromatic carbocycles. The van der Waals surface area contributed by atoms with Crippen LogP contribution in [0.4, 0.5) is 0 Å². The maximum atomic E-state index is 11.7. The predicted molar refractivity (Wildman–Crippen MR) is 57.2 cm³/mol. The number of benzene rings is 1. The van der Waals surface area contributed by atoms with Crippen LogP contribution in [0.25, 0.3) is 0 Å². The van der Waals surface area contributed by atoms with Gasteiger partial charge in [-0.1, -0.05) is 17.7 Å². The first-order chi connectivity index (χ1) is 7.02. The third-order valence-corrected chi connectivity index (χ3v) is 2.83. The van der Waals surface area contributed by atoms with Gasteiger partial charge in [0.25, 0.3) is 0 Å². The van der Waals surface area contributed by atoms with Gasteiger partial charge >= 0.3 is 0 Å². The highest BCUT2D eigenvalue weighted by molar-refractivity contribution is 6.64. The van der Waals surface area contributed by atoms with E-state index in [4.69, 9.17) is 17.0 Å². The fourth-order valence-electron chi connectivity index (χ4n) is 1.59. The Labute approximate surface area is 91.6 Å². The van der Waals surface area contributed by atoms with Crippen molar-refractivity contribution >= 4 is 28.9 Å². The van der Waals surface area contributed by atoms with Crippen molar-refractivity contribution in [2.24, 2.45) is 0 Å². The fraction of sp³-hybridized carbons (Fsp3) is 0.182. The first-order valence-electron chi connectivity index (χ1n) is 4.44. The van der Waals surface area contributed by atoms with Crippen molar-refractivity contribution < 1.29 is 9.59 Å². The van der Waals surface area contributed by atoms with E-state index in [0.717, 1.165) is 5.56 Å². The second kappa shape index (κ2) is 3.28. The molecule has 0 heterocycles. The molecule has 3 nitrogen and oxygen atoms in total. The molecule has 1 aliphatic rings. The molecule has 1 N–H and O–H groups in total. The highest BCUT2D eigenvalue weighted by Gasteiger charge is 2.35. The van der Waals surface area contributed by atoms with Crippen LogP contribution in [0.5, 0.6) is 0 Å². The number of alkyl halides is 1. The molecule has 1 aliphatic carbocycles. The Morgan fingerprint density at radius 1 is 1.27 bits per heavy atom. The van der Waals surface area contributed by atoms with E-state index in [1.54, 1.807) is 18.2 Å². The molecule has 0 fully saturated rings. The molecule has 1 atom stereocenters. The molecular formula is C11H8ClNO2. The zero-order valence-electron chi connectivity index (χ0n) is 8.00. The molecule has 1 unspecified atom stereocenters. The van der Waals surface area contributed by atoms with Gasteiger partial charge in [-0.2, -0.15) is 0 Å². The number of rotatable bonds is 0. The van der Waals surface area contributed by atoms with Gasteiger partial charge in [-0.05, 0) is 13.0 Å². The number of hydrogen-bond acceptors (Lipinski definition) is 3. The van der Waals surface area contributed by atoms with Gasteiger partial charge in [0.2, 0.25) is 5.78 Å². The Kier molecular flexibility index (Phi) is 2.20. The van der Waals surface area contributed by atoms with Gasteiger partial charge in [-0.15, -0.1) is 11.6 Å². The van der Waals surface area contributed by atoms with E-state index >= 15 is 0 Å². The predicted octanol–water partition coefficient (Wildman–Crippen LogP) is 2.00. The molecule has 0 saturated carbocycles. The largest absolute Gasteiger partial charge is 0.299 e. The molecule has 4 heteroatoms. The minimum atomic E-state index is -1.13. The van der Waals surface area contributed by atoms with Crippen LogP contribution < -0.4 is 0 Å². The van der Waals surface area contributed by atoms with E-state index in [1.807, 2.05) is 6.92 Å². The lowest BCUT2D eigenvalue weighted by Crippen LogP contribution is -2.37. The zero-order chi connectivity index (χ0) is 11.2. The molecule has 1 aromatic rings. The molecule has 0 aliphatic heterocycles. The summed E-state index contributed by atoms with van der Waals surface area (Å²) >= 11 is 5.69. The number of fused-ring (bicyclic) bond motifs is 1. The van der Waals surface area contributed by atoms with Gasteiger partial charge in [0, 0.05) is 11.1 Å². The summed E-state index contributed by atoms with van der Waals surface area (Å²) in [7, 11) is 0. The third-order valence-electron chi connectivity index (χ3n) is 2.41. The summed E-state index contributed by atoms with van der Waals surface area (Å²) in [5.74, 6) is -0.815. The number of carbonyl (C=O) groups is 2. The average Bonchev–Trinajstić information content (AvgIpc) is 2.23. The van der Waals surface area contributed by atoms with Crippen LogP contribution in [-0.4, -0.2) is 22.7 Å². The van der Waals surface area contributed by atoms with Gasteiger partial charge in [0.15, 0.2) is 5.78 Å². The Balaban J connectivity index is 2.69. The molecule has 76 valence electrons. The lowest BCUT2D eigenvalue weighted by Gasteiger charge is -2.18.